The number of hydrogen-bond acceptors (Lipinski definition) is 5. The van der Waals surface area contributed by atoms with E-state index >= 15 is 0 Å². The Hall–Kier alpha value is -1.31. The topological polar surface area (TPSA) is 104 Å². The summed E-state index contributed by atoms with van der Waals surface area (Å²) in [5.74, 6) is 0. The Morgan fingerprint density at radius 1 is 1.35 bits per heavy atom. The molecule has 0 unspecified atom stereocenters. The van der Waals surface area contributed by atoms with Gasteiger partial charge in [0.15, 0.2) is 0 Å². The summed E-state index contributed by atoms with van der Waals surface area (Å²) in [5, 5.41) is 12.9. The van der Waals surface area contributed by atoms with E-state index in [4.69, 9.17) is 5.73 Å². The van der Waals surface area contributed by atoms with E-state index < -0.39 is 10.0 Å². The van der Waals surface area contributed by atoms with Gasteiger partial charge in [-0.05, 0) is 38.1 Å². The third-order valence-corrected chi connectivity index (χ3v) is 5.28. The largest absolute Gasteiger partial charge is 0.397 e. The Morgan fingerprint density at radius 3 is 2.50 bits per heavy atom. The van der Waals surface area contributed by atoms with E-state index in [1.54, 1.807) is 6.07 Å². The predicted molar refractivity (Wildman–Crippen MR) is 79.0 cm³/mol. The summed E-state index contributed by atoms with van der Waals surface area (Å²) in [6.07, 6.45) is 3.92. The van der Waals surface area contributed by atoms with Gasteiger partial charge in [0.25, 0.3) is 0 Å². The Labute approximate surface area is 119 Å². The molecule has 1 saturated carbocycles. The number of aliphatic hydroxyl groups excluding tert-OH is 1. The van der Waals surface area contributed by atoms with E-state index in [-0.39, 0.29) is 17.0 Å². The number of hydrogen-bond donors (Lipinski definition) is 4. The summed E-state index contributed by atoms with van der Waals surface area (Å²) in [5.41, 5.74) is 6.62. The van der Waals surface area contributed by atoms with E-state index in [2.05, 4.69) is 10.0 Å². The number of aliphatic hydroxyl groups is 1. The van der Waals surface area contributed by atoms with Gasteiger partial charge in [0.2, 0.25) is 10.0 Å². The van der Waals surface area contributed by atoms with Crippen molar-refractivity contribution in [3.63, 3.8) is 0 Å². The maximum Gasteiger partial charge on any atom is 0.240 e. The smallest absolute Gasteiger partial charge is 0.240 e. The molecular formula is C13H21N3O3S. The molecule has 6 nitrogen and oxygen atoms in total. The van der Waals surface area contributed by atoms with Crippen molar-refractivity contribution in [2.24, 2.45) is 0 Å². The van der Waals surface area contributed by atoms with Crippen LogP contribution in [0.15, 0.2) is 23.1 Å². The molecule has 1 aliphatic rings. The molecule has 0 radical (unpaired) electrons. The van der Waals surface area contributed by atoms with Crippen LogP contribution in [0.5, 0.6) is 0 Å². The van der Waals surface area contributed by atoms with Crippen molar-refractivity contribution in [3.05, 3.63) is 18.2 Å². The second-order valence-corrected chi connectivity index (χ2v) is 7.11. The normalized spacial score (nSPS) is 18.1. The molecule has 0 bridgehead atoms. The number of nitrogen functional groups attached to an aromatic ring is 1. The lowest BCUT2D eigenvalue weighted by Gasteiger charge is -2.30. The van der Waals surface area contributed by atoms with Crippen molar-refractivity contribution >= 4 is 21.4 Å². The highest BCUT2D eigenvalue weighted by Crippen LogP contribution is 2.35. The van der Waals surface area contributed by atoms with Crippen LogP contribution in [-0.4, -0.2) is 32.7 Å². The lowest BCUT2D eigenvalue weighted by Crippen LogP contribution is -2.39. The highest BCUT2D eigenvalue weighted by atomic mass is 32.2. The first-order valence-corrected chi connectivity index (χ1v) is 8.13. The zero-order valence-corrected chi connectivity index (χ0v) is 12.3. The molecule has 20 heavy (non-hydrogen) atoms. The third-order valence-electron chi connectivity index (χ3n) is 3.87. The molecule has 0 saturated heterocycles. The molecule has 0 aliphatic heterocycles. The summed E-state index contributed by atoms with van der Waals surface area (Å²) < 4.78 is 25.7. The molecule has 1 aromatic carbocycles. The van der Waals surface area contributed by atoms with Crippen LogP contribution in [0.2, 0.25) is 0 Å². The third kappa shape index (κ3) is 2.89. The Morgan fingerprint density at radius 2 is 2.00 bits per heavy atom. The molecule has 1 aromatic rings. The zero-order chi connectivity index (χ0) is 14.8. The van der Waals surface area contributed by atoms with Gasteiger partial charge in [0, 0.05) is 0 Å². The number of benzene rings is 1. The van der Waals surface area contributed by atoms with Crippen LogP contribution in [0, 0.1) is 0 Å². The number of nitrogens with one attached hydrogen (secondary N) is 2. The average molecular weight is 299 g/mol. The van der Waals surface area contributed by atoms with E-state index in [0.717, 1.165) is 25.7 Å². The SMILES string of the molecule is CNS(=O)(=O)c1ccc(NC2(CO)CCCC2)c(N)c1. The molecule has 1 fully saturated rings. The van der Waals surface area contributed by atoms with E-state index in [1.807, 2.05) is 0 Å². The van der Waals surface area contributed by atoms with Crippen molar-refractivity contribution < 1.29 is 13.5 Å². The van der Waals surface area contributed by atoms with Crippen molar-refractivity contribution in [2.45, 2.75) is 36.1 Å². The molecule has 2 rings (SSSR count). The first-order valence-electron chi connectivity index (χ1n) is 6.65. The fraction of sp³-hybridized carbons (Fsp3) is 0.538. The van der Waals surface area contributed by atoms with Gasteiger partial charge in [0.05, 0.1) is 28.4 Å². The molecule has 0 amide bonds. The standard InChI is InChI=1S/C13H21N3O3S/c1-15-20(18,19)10-4-5-12(11(14)8-10)16-13(9-17)6-2-3-7-13/h4-5,8,15-17H,2-3,6-7,9,14H2,1H3. The lowest BCUT2D eigenvalue weighted by molar-refractivity contribution is 0.214. The van der Waals surface area contributed by atoms with Gasteiger partial charge in [-0.2, -0.15) is 0 Å². The second kappa shape index (κ2) is 5.59. The summed E-state index contributed by atoms with van der Waals surface area (Å²) >= 11 is 0. The number of rotatable bonds is 5. The molecule has 1 aliphatic carbocycles. The van der Waals surface area contributed by atoms with Crippen molar-refractivity contribution in [1.29, 1.82) is 0 Å². The van der Waals surface area contributed by atoms with Crippen molar-refractivity contribution in [2.75, 3.05) is 24.7 Å². The summed E-state index contributed by atoms with van der Waals surface area (Å²) in [4.78, 5) is 0.132. The second-order valence-electron chi connectivity index (χ2n) is 5.23. The molecular weight excluding hydrogens is 278 g/mol. The van der Waals surface area contributed by atoms with Crippen LogP contribution in [0.3, 0.4) is 0 Å². The summed E-state index contributed by atoms with van der Waals surface area (Å²) in [6.45, 7) is 0.0446. The Kier molecular flexibility index (Phi) is 4.22. The van der Waals surface area contributed by atoms with Crippen LogP contribution in [-0.2, 0) is 10.0 Å². The molecule has 0 aromatic heterocycles. The van der Waals surface area contributed by atoms with Gasteiger partial charge in [-0.15, -0.1) is 0 Å². The van der Waals surface area contributed by atoms with Gasteiger partial charge in [-0.25, -0.2) is 13.1 Å². The number of anilines is 2. The Bertz CT molecular complexity index is 581. The minimum atomic E-state index is -3.49. The fourth-order valence-corrected chi connectivity index (χ4v) is 3.36. The van der Waals surface area contributed by atoms with Gasteiger partial charge >= 0.3 is 0 Å². The van der Waals surface area contributed by atoms with E-state index in [0.29, 0.717) is 11.4 Å². The average Bonchev–Trinajstić information content (AvgIpc) is 2.90. The van der Waals surface area contributed by atoms with Crippen LogP contribution in [0.4, 0.5) is 11.4 Å². The quantitative estimate of drug-likeness (QED) is 0.605. The van der Waals surface area contributed by atoms with Crippen LogP contribution in [0.25, 0.3) is 0 Å². The van der Waals surface area contributed by atoms with Gasteiger partial charge in [-0.1, -0.05) is 12.8 Å². The highest BCUT2D eigenvalue weighted by Gasteiger charge is 2.33. The molecule has 112 valence electrons. The maximum atomic E-state index is 11.7. The van der Waals surface area contributed by atoms with E-state index in [1.165, 1.54) is 19.2 Å². The van der Waals surface area contributed by atoms with Crippen molar-refractivity contribution in [1.82, 2.24) is 4.72 Å². The van der Waals surface area contributed by atoms with Gasteiger partial charge in [-0.3, -0.25) is 0 Å². The lowest BCUT2D eigenvalue weighted by atomic mass is 9.98. The molecule has 5 N–H and O–H groups in total. The number of sulfonamides is 1. The Balaban J connectivity index is 2.26. The minimum absolute atomic E-state index is 0.0446. The molecule has 0 spiro atoms. The summed E-state index contributed by atoms with van der Waals surface area (Å²) in [6, 6.07) is 4.58. The van der Waals surface area contributed by atoms with Crippen LogP contribution < -0.4 is 15.8 Å². The van der Waals surface area contributed by atoms with Gasteiger partial charge < -0.3 is 16.2 Å². The minimum Gasteiger partial charge on any atom is -0.397 e. The van der Waals surface area contributed by atoms with Crippen molar-refractivity contribution in [3.8, 4) is 0 Å². The monoisotopic (exact) mass is 299 g/mol. The first kappa shape index (κ1) is 15.1. The maximum absolute atomic E-state index is 11.7. The summed E-state index contributed by atoms with van der Waals surface area (Å²) in [7, 11) is -2.13. The molecule has 0 atom stereocenters. The van der Waals surface area contributed by atoms with Crippen LogP contribution >= 0.6 is 0 Å². The first-order chi connectivity index (χ1) is 9.42. The zero-order valence-electron chi connectivity index (χ0n) is 11.5. The highest BCUT2D eigenvalue weighted by molar-refractivity contribution is 7.89. The van der Waals surface area contributed by atoms with Gasteiger partial charge in [0.1, 0.15) is 0 Å². The molecule has 0 heterocycles. The number of nitrogens with two attached hydrogens (primary N) is 1. The predicted octanol–water partition coefficient (Wildman–Crippen LogP) is 0.894. The van der Waals surface area contributed by atoms with Crippen LogP contribution in [0.1, 0.15) is 25.7 Å². The molecule has 7 heteroatoms. The van der Waals surface area contributed by atoms with E-state index in [9.17, 15) is 13.5 Å². The fourth-order valence-electron chi connectivity index (χ4n) is 2.60.